The molecule has 2 rings (SSSR count). The third-order valence-corrected chi connectivity index (χ3v) is 2.74. The predicted molar refractivity (Wildman–Crippen MR) is 62.7 cm³/mol. The van der Waals surface area contributed by atoms with Crippen molar-refractivity contribution in [3.05, 3.63) is 41.0 Å². The summed E-state index contributed by atoms with van der Waals surface area (Å²) >= 11 is 0. The second kappa shape index (κ2) is 5.38. The van der Waals surface area contributed by atoms with Crippen molar-refractivity contribution in [2.75, 3.05) is 19.8 Å². The van der Waals surface area contributed by atoms with Crippen LogP contribution in [0.25, 0.3) is 6.08 Å². The van der Waals surface area contributed by atoms with Crippen LogP contribution >= 0.6 is 0 Å². The Bertz CT molecular complexity index is 426. The molecule has 1 heterocycles. The van der Waals surface area contributed by atoms with E-state index < -0.39 is 5.82 Å². The fraction of sp³-hybridized carbons (Fsp3) is 0.385. The van der Waals surface area contributed by atoms with Crippen molar-refractivity contribution in [1.29, 1.82) is 0 Å². The van der Waals surface area contributed by atoms with E-state index in [9.17, 15) is 8.78 Å². The van der Waals surface area contributed by atoms with Gasteiger partial charge in [0.25, 0.3) is 0 Å². The summed E-state index contributed by atoms with van der Waals surface area (Å²) < 4.78 is 32.1. The number of morpholine rings is 1. The minimum atomic E-state index is -0.406. The van der Waals surface area contributed by atoms with Crippen LogP contribution in [0, 0.1) is 18.6 Å². The summed E-state index contributed by atoms with van der Waals surface area (Å²) in [6.45, 7) is 3.58. The average Bonchev–Trinajstić information content (AvgIpc) is 2.33. The molecule has 0 saturated carbocycles. The van der Waals surface area contributed by atoms with Gasteiger partial charge in [-0.15, -0.1) is 0 Å². The molecule has 1 saturated heterocycles. The summed E-state index contributed by atoms with van der Waals surface area (Å²) in [5.74, 6) is -0.796. The number of benzene rings is 1. The second-order valence-corrected chi connectivity index (χ2v) is 4.12. The van der Waals surface area contributed by atoms with Gasteiger partial charge in [0.1, 0.15) is 11.6 Å². The molecule has 0 aliphatic carbocycles. The molecule has 1 atom stereocenters. The Balaban J connectivity index is 2.12. The highest BCUT2D eigenvalue weighted by Crippen LogP contribution is 2.15. The Morgan fingerprint density at radius 3 is 2.88 bits per heavy atom. The van der Waals surface area contributed by atoms with Gasteiger partial charge in [-0.1, -0.05) is 12.2 Å². The predicted octanol–water partition coefficient (Wildman–Crippen LogP) is 2.27. The van der Waals surface area contributed by atoms with Crippen molar-refractivity contribution in [2.24, 2.45) is 0 Å². The number of rotatable bonds is 2. The topological polar surface area (TPSA) is 21.3 Å². The van der Waals surface area contributed by atoms with E-state index in [-0.39, 0.29) is 17.4 Å². The Hall–Kier alpha value is -1.26. The van der Waals surface area contributed by atoms with Crippen LogP contribution in [0.1, 0.15) is 11.1 Å². The lowest BCUT2D eigenvalue weighted by Crippen LogP contribution is -2.39. The molecule has 17 heavy (non-hydrogen) atoms. The largest absolute Gasteiger partial charge is 0.378 e. The van der Waals surface area contributed by atoms with Gasteiger partial charge in [-0.2, -0.15) is 0 Å². The first-order chi connectivity index (χ1) is 8.16. The van der Waals surface area contributed by atoms with Gasteiger partial charge in [0.05, 0.1) is 13.2 Å². The molecule has 1 aliphatic rings. The fourth-order valence-electron chi connectivity index (χ4n) is 1.72. The van der Waals surface area contributed by atoms with E-state index >= 15 is 0 Å². The smallest absolute Gasteiger partial charge is 0.130 e. The van der Waals surface area contributed by atoms with Crippen LogP contribution in [0.15, 0.2) is 18.2 Å². The highest BCUT2D eigenvalue weighted by Gasteiger charge is 2.10. The maximum absolute atomic E-state index is 13.5. The lowest BCUT2D eigenvalue weighted by atomic mass is 10.1. The molecular weight excluding hydrogens is 224 g/mol. The number of hydrogen-bond donors (Lipinski definition) is 1. The molecule has 1 fully saturated rings. The van der Waals surface area contributed by atoms with Gasteiger partial charge >= 0.3 is 0 Å². The second-order valence-electron chi connectivity index (χ2n) is 4.12. The Kier molecular flexibility index (Phi) is 3.86. The molecule has 1 aromatic rings. The highest BCUT2D eigenvalue weighted by atomic mass is 19.1. The van der Waals surface area contributed by atoms with E-state index in [4.69, 9.17) is 4.74 Å². The molecule has 1 aliphatic heterocycles. The first-order valence-electron chi connectivity index (χ1n) is 5.62. The van der Waals surface area contributed by atoms with Crippen LogP contribution < -0.4 is 5.32 Å². The zero-order valence-corrected chi connectivity index (χ0v) is 9.67. The third-order valence-electron chi connectivity index (χ3n) is 2.74. The molecule has 0 amide bonds. The van der Waals surface area contributed by atoms with E-state index in [0.29, 0.717) is 18.8 Å². The number of halogens is 2. The lowest BCUT2D eigenvalue weighted by Gasteiger charge is -2.20. The average molecular weight is 239 g/mol. The quantitative estimate of drug-likeness (QED) is 0.854. The van der Waals surface area contributed by atoms with Crippen molar-refractivity contribution >= 4 is 6.08 Å². The molecule has 1 N–H and O–H groups in total. The number of ether oxygens (including phenoxy) is 1. The lowest BCUT2D eigenvalue weighted by molar-refractivity contribution is 0.0903. The SMILES string of the molecule is Cc1cc(F)c(/C=C/C2COCCN2)cc1F. The van der Waals surface area contributed by atoms with Crippen molar-refractivity contribution in [3.8, 4) is 0 Å². The first-order valence-corrected chi connectivity index (χ1v) is 5.62. The van der Waals surface area contributed by atoms with E-state index in [1.165, 1.54) is 12.1 Å². The van der Waals surface area contributed by atoms with Crippen LogP contribution in [-0.4, -0.2) is 25.8 Å². The van der Waals surface area contributed by atoms with Gasteiger partial charge in [0.15, 0.2) is 0 Å². The van der Waals surface area contributed by atoms with Crippen molar-refractivity contribution < 1.29 is 13.5 Å². The molecule has 1 unspecified atom stereocenters. The summed E-state index contributed by atoms with van der Waals surface area (Å²) in [6, 6.07) is 2.48. The molecule has 0 radical (unpaired) electrons. The molecule has 2 nitrogen and oxygen atoms in total. The molecule has 1 aromatic carbocycles. The summed E-state index contributed by atoms with van der Waals surface area (Å²) in [5.41, 5.74) is 0.583. The summed E-state index contributed by atoms with van der Waals surface area (Å²) in [6.07, 6.45) is 3.39. The fourth-order valence-corrected chi connectivity index (χ4v) is 1.72. The van der Waals surface area contributed by atoms with E-state index in [1.54, 1.807) is 19.1 Å². The van der Waals surface area contributed by atoms with Gasteiger partial charge in [0, 0.05) is 18.2 Å². The Labute approximate surface area is 99.3 Å². The Morgan fingerprint density at radius 2 is 2.18 bits per heavy atom. The minimum Gasteiger partial charge on any atom is -0.378 e. The van der Waals surface area contributed by atoms with Crippen molar-refractivity contribution in [1.82, 2.24) is 5.32 Å². The molecule has 0 aromatic heterocycles. The number of hydrogen-bond acceptors (Lipinski definition) is 2. The molecule has 0 bridgehead atoms. The van der Waals surface area contributed by atoms with Gasteiger partial charge in [-0.3, -0.25) is 0 Å². The van der Waals surface area contributed by atoms with Gasteiger partial charge in [-0.25, -0.2) is 8.78 Å². The summed E-state index contributed by atoms with van der Waals surface area (Å²) in [7, 11) is 0. The zero-order valence-electron chi connectivity index (χ0n) is 9.67. The maximum atomic E-state index is 13.5. The maximum Gasteiger partial charge on any atom is 0.130 e. The van der Waals surface area contributed by atoms with Crippen molar-refractivity contribution in [3.63, 3.8) is 0 Å². The van der Waals surface area contributed by atoms with Gasteiger partial charge in [-0.05, 0) is 24.6 Å². The van der Waals surface area contributed by atoms with Crippen LogP contribution in [0.5, 0.6) is 0 Å². The van der Waals surface area contributed by atoms with Crippen molar-refractivity contribution in [2.45, 2.75) is 13.0 Å². The standard InChI is InChI=1S/C13H15F2NO/c1-9-6-13(15)10(7-12(9)14)2-3-11-8-17-5-4-16-11/h2-3,6-7,11,16H,4-5,8H2,1H3/b3-2+. The summed E-state index contributed by atoms with van der Waals surface area (Å²) in [5, 5.41) is 3.21. The highest BCUT2D eigenvalue weighted by molar-refractivity contribution is 5.51. The van der Waals surface area contributed by atoms with Gasteiger partial charge < -0.3 is 10.1 Å². The first kappa shape index (κ1) is 12.2. The van der Waals surface area contributed by atoms with Crippen LogP contribution in [0.4, 0.5) is 8.78 Å². The van der Waals surface area contributed by atoms with E-state index in [2.05, 4.69) is 5.32 Å². The zero-order chi connectivity index (χ0) is 12.3. The minimum absolute atomic E-state index is 0.0625. The number of aryl methyl sites for hydroxylation is 1. The Morgan fingerprint density at radius 1 is 1.35 bits per heavy atom. The summed E-state index contributed by atoms with van der Waals surface area (Å²) in [4.78, 5) is 0. The monoisotopic (exact) mass is 239 g/mol. The number of nitrogens with one attached hydrogen (secondary N) is 1. The molecular formula is C13H15F2NO. The third kappa shape index (κ3) is 3.11. The van der Waals surface area contributed by atoms with E-state index in [1.807, 2.05) is 0 Å². The molecule has 92 valence electrons. The van der Waals surface area contributed by atoms with Gasteiger partial charge in [0.2, 0.25) is 0 Å². The normalized spacial score (nSPS) is 21.0. The molecule has 4 heteroatoms. The van der Waals surface area contributed by atoms with Crippen LogP contribution in [-0.2, 0) is 4.74 Å². The van der Waals surface area contributed by atoms with E-state index in [0.717, 1.165) is 6.54 Å². The molecule has 0 spiro atoms. The van der Waals surface area contributed by atoms with Crippen LogP contribution in [0.2, 0.25) is 0 Å². The van der Waals surface area contributed by atoms with Crippen LogP contribution in [0.3, 0.4) is 0 Å².